The number of amides is 1. The van der Waals surface area contributed by atoms with E-state index in [2.05, 4.69) is 15.6 Å². The van der Waals surface area contributed by atoms with Crippen molar-refractivity contribution in [1.29, 1.82) is 0 Å². The number of piperidine rings is 1. The Morgan fingerprint density at radius 2 is 2.44 bits per heavy atom. The molecule has 5 nitrogen and oxygen atoms in total. The molecule has 1 saturated heterocycles. The molecule has 5 heteroatoms. The molecular formula is C13H22N4O. The second-order valence-corrected chi connectivity index (χ2v) is 5.13. The topological polar surface area (TPSA) is 59.0 Å². The Morgan fingerprint density at radius 3 is 3.11 bits per heavy atom. The van der Waals surface area contributed by atoms with Crippen LogP contribution in [0.15, 0.2) is 18.7 Å². The summed E-state index contributed by atoms with van der Waals surface area (Å²) in [5, 5.41) is 6.34. The van der Waals surface area contributed by atoms with Crippen LogP contribution in [-0.2, 0) is 11.3 Å². The number of imidazole rings is 1. The Morgan fingerprint density at radius 1 is 1.56 bits per heavy atom. The highest BCUT2D eigenvalue weighted by Crippen LogP contribution is 2.18. The van der Waals surface area contributed by atoms with Gasteiger partial charge in [-0.25, -0.2) is 4.98 Å². The van der Waals surface area contributed by atoms with Gasteiger partial charge in [-0.2, -0.15) is 0 Å². The van der Waals surface area contributed by atoms with Crippen molar-refractivity contribution >= 4 is 5.91 Å². The molecule has 1 aliphatic rings. The molecule has 2 N–H and O–H groups in total. The van der Waals surface area contributed by atoms with Gasteiger partial charge < -0.3 is 15.2 Å². The Kier molecular flexibility index (Phi) is 4.36. The molecule has 1 aromatic heterocycles. The Balaban J connectivity index is 1.68. The van der Waals surface area contributed by atoms with Gasteiger partial charge in [0.2, 0.25) is 5.91 Å². The van der Waals surface area contributed by atoms with Gasteiger partial charge in [-0.3, -0.25) is 4.79 Å². The average molecular weight is 250 g/mol. The highest BCUT2D eigenvalue weighted by molar-refractivity contribution is 5.85. The van der Waals surface area contributed by atoms with E-state index in [0.717, 1.165) is 32.4 Å². The second-order valence-electron chi connectivity index (χ2n) is 5.13. The van der Waals surface area contributed by atoms with Gasteiger partial charge >= 0.3 is 0 Å². The molecule has 1 atom stereocenters. The third kappa shape index (κ3) is 3.32. The highest BCUT2D eigenvalue weighted by atomic mass is 16.2. The minimum Gasteiger partial charge on any atom is -0.354 e. The molecule has 1 aromatic rings. The van der Waals surface area contributed by atoms with Gasteiger partial charge in [-0.05, 0) is 39.2 Å². The second kappa shape index (κ2) is 6.00. The summed E-state index contributed by atoms with van der Waals surface area (Å²) in [5.74, 6) is 0.132. The molecule has 2 rings (SSSR count). The monoisotopic (exact) mass is 250 g/mol. The van der Waals surface area contributed by atoms with Gasteiger partial charge in [-0.1, -0.05) is 0 Å². The molecule has 1 unspecified atom stereocenters. The smallest absolute Gasteiger partial charge is 0.240 e. The molecule has 2 heterocycles. The quantitative estimate of drug-likeness (QED) is 0.764. The zero-order valence-electron chi connectivity index (χ0n) is 11.0. The fourth-order valence-corrected chi connectivity index (χ4v) is 2.33. The maximum absolute atomic E-state index is 12.1. The minimum atomic E-state index is -0.368. The number of nitrogens with zero attached hydrogens (tertiary/aromatic N) is 2. The molecule has 0 saturated carbocycles. The van der Waals surface area contributed by atoms with Crippen LogP contribution in [0.4, 0.5) is 0 Å². The van der Waals surface area contributed by atoms with Crippen LogP contribution in [0.2, 0.25) is 0 Å². The van der Waals surface area contributed by atoms with Crippen LogP contribution >= 0.6 is 0 Å². The Hall–Kier alpha value is -1.36. The van der Waals surface area contributed by atoms with Crippen LogP contribution in [0.3, 0.4) is 0 Å². The highest BCUT2D eigenvalue weighted by Gasteiger charge is 2.33. The van der Waals surface area contributed by atoms with Gasteiger partial charge in [0.1, 0.15) is 0 Å². The zero-order valence-corrected chi connectivity index (χ0v) is 11.0. The average Bonchev–Trinajstić information content (AvgIpc) is 2.88. The molecule has 1 amide bonds. The summed E-state index contributed by atoms with van der Waals surface area (Å²) in [4.78, 5) is 16.1. The fraction of sp³-hybridized carbons (Fsp3) is 0.692. The van der Waals surface area contributed by atoms with Crippen LogP contribution in [0.5, 0.6) is 0 Å². The lowest BCUT2D eigenvalue weighted by Gasteiger charge is -2.33. The molecule has 18 heavy (non-hydrogen) atoms. The SMILES string of the molecule is CC1(C(=O)NCCCn2ccnc2)CCCCN1. The number of aromatic nitrogens is 2. The third-order valence-corrected chi connectivity index (χ3v) is 3.56. The van der Waals surface area contributed by atoms with E-state index in [9.17, 15) is 4.79 Å². The number of hydrogen-bond donors (Lipinski definition) is 2. The van der Waals surface area contributed by atoms with Crippen LogP contribution in [0.25, 0.3) is 0 Å². The van der Waals surface area contributed by atoms with E-state index in [-0.39, 0.29) is 11.4 Å². The summed E-state index contributed by atoms with van der Waals surface area (Å²) < 4.78 is 2.02. The molecule has 0 aromatic carbocycles. The summed E-state index contributed by atoms with van der Waals surface area (Å²) in [7, 11) is 0. The standard InChI is InChI=1S/C13H22N4O/c1-13(5-2-3-7-16-13)12(18)15-6-4-9-17-10-8-14-11-17/h8,10-11,16H,2-7,9H2,1H3,(H,15,18). The van der Waals surface area contributed by atoms with Gasteiger partial charge in [0.05, 0.1) is 11.9 Å². The van der Waals surface area contributed by atoms with E-state index in [0.29, 0.717) is 6.54 Å². The molecule has 0 aliphatic carbocycles. The van der Waals surface area contributed by atoms with Crippen molar-refractivity contribution in [2.75, 3.05) is 13.1 Å². The normalized spacial score (nSPS) is 23.8. The van der Waals surface area contributed by atoms with Crippen molar-refractivity contribution in [3.63, 3.8) is 0 Å². The van der Waals surface area contributed by atoms with E-state index in [1.165, 1.54) is 6.42 Å². The number of rotatable bonds is 5. The van der Waals surface area contributed by atoms with E-state index in [1.54, 1.807) is 12.5 Å². The van der Waals surface area contributed by atoms with Gasteiger partial charge in [0.25, 0.3) is 0 Å². The molecule has 100 valence electrons. The van der Waals surface area contributed by atoms with Gasteiger partial charge in [-0.15, -0.1) is 0 Å². The third-order valence-electron chi connectivity index (χ3n) is 3.56. The predicted octanol–water partition coefficient (Wildman–Crippen LogP) is 0.922. The minimum absolute atomic E-state index is 0.132. The molecule has 0 spiro atoms. The van der Waals surface area contributed by atoms with E-state index >= 15 is 0 Å². The zero-order chi connectivity index (χ0) is 12.8. The van der Waals surface area contributed by atoms with Crippen molar-refractivity contribution in [3.8, 4) is 0 Å². The van der Waals surface area contributed by atoms with Crippen LogP contribution < -0.4 is 10.6 Å². The molecule has 0 radical (unpaired) electrons. The summed E-state index contributed by atoms with van der Waals surface area (Å²) in [6, 6.07) is 0. The summed E-state index contributed by atoms with van der Waals surface area (Å²) in [5.41, 5.74) is -0.368. The number of carbonyl (C=O) groups excluding carboxylic acids is 1. The predicted molar refractivity (Wildman–Crippen MR) is 70.1 cm³/mol. The lowest BCUT2D eigenvalue weighted by Crippen LogP contribution is -2.57. The van der Waals surface area contributed by atoms with Crippen molar-refractivity contribution in [2.45, 2.75) is 44.7 Å². The van der Waals surface area contributed by atoms with Crippen molar-refractivity contribution in [2.24, 2.45) is 0 Å². The van der Waals surface area contributed by atoms with Crippen molar-refractivity contribution in [3.05, 3.63) is 18.7 Å². The summed E-state index contributed by atoms with van der Waals surface area (Å²) >= 11 is 0. The first kappa shape index (κ1) is 13.1. The van der Waals surface area contributed by atoms with Crippen LogP contribution in [0, 0.1) is 0 Å². The largest absolute Gasteiger partial charge is 0.354 e. The van der Waals surface area contributed by atoms with Gasteiger partial charge in [0, 0.05) is 25.5 Å². The molecule has 1 aliphatic heterocycles. The summed E-state index contributed by atoms with van der Waals surface area (Å²) in [6.07, 6.45) is 9.66. The van der Waals surface area contributed by atoms with E-state index in [1.807, 2.05) is 17.7 Å². The van der Waals surface area contributed by atoms with Crippen molar-refractivity contribution in [1.82, 2.24) is 20.2 Å². The lowest BCUT2D eigenvalue weighted by molar-refractivity contribution is -0.127. The number of hydrogen-bond acceptors (Lipinski definition) is 3. The van der Waals surface area contributed by atoms with Crippen LogP contribution in [0.1, 0.15) is 32.6 Å². The van der Waals surface area contributed by atoms with Crippen LogP contribution in [-0.4, -0.2) is 34.1 Å². The number of nitrogens with one attached hydrogen (secondary N) is 2. The van der Waals surface area contributed by atoms with E-state index in [4.69, 9.17) is 0 Å². The van der Waals surface area contributed by atoms with E-state index < -0.39 is 0 Å². The summed E-state index contributed by atoms with van der Waals surface area (Å²) in [6.45, 7) is 4.55. The first-order valence-corrected chi connectivity index (χ1v) is 6.70. The van der Waals surface area contributed by atoms with Crippen molar-refractivity contribution < 1.29 is 4.79 Å². The first-order valence-electron chi connectivity index (χ1n) is 6.70. The Bertz CT molecular complexity index is 368. The number of carbonyl (C=O) groups is 1. The molecule has 1 fully saturated rings. The lowest BCUT2D eigenvalue weighted by atomic mass is 9.90. The first-order chi connectivity index (χ1) is 8.71. The molecule has 0 bridgehead atoms. The molecular weight excluding hydrogens is 228 g/mol. The number of aryl methyl sites for hydroxylation is 1. The van der Waals surface area contributed by atoms with Gasteiger partial charge in [0.15, 0.2) is 0 Å². The Labute approximate surface area is 108 Å². The fourth-order valence-electron chi connectivity index (χ4n) is 2.33. The maximum Gasteiger partial charge on any atom is 0.240 e. The maximum atomic E-state index is 12.1.